The molecule has 9 heteroatoms. The van der Waals surface area contributed by atoms with Crippen LogP contribution in [0, 0.1) is 0 Å². The second kappa shape index (κ2) is 8.78. The number of carbonyl (C=O) groups is 2. The van der Waals surface area contributed by atoms with Crippen LogP contribution < -0.4 is 0 Å². The van der Waals surface area contributed by atoms with Crippen molar-refractivity contribution in [2.45, 2.75) is 62.9 Å². The average Bonchev–Trinajstić information content (AvgIpc) is 3.50. The number of hydrogen-bond acceptors (Lipinski definition) is 8. The first-order valence-electron chi connectivity index (χ1n) is 10.7. The quantitative estimate of drug-likeness (QED) is 0.663. The molecule has 0 radical (unpaired) electrons. The summed E-state index contributed by atoms with van der Waals surface area (Å²) in [4.78, 5) is 28.3. The zero-order valence-electron chi connectivity index (χ0n) is 18.5. The van der Waals surface area contributed by atoms with Crippen LogP contribution in [0.5, 0.6) is 0 Å². The molecule has 1 N–H and O–H groups in total. The van der Waals surface area contributed by atoms with Crippen LogP contribution in [0.4, 0.5) is 4.79 Å². The summed E-state index contributed by atoms with van der Waals surface area (Å²) in [6.45, 7) is 6.89. The highest BCUT2D eigenvalue weighted by atomic mass is 32.1. The smallest absolute Gasteiger partial charge is 0.410 e. The van der Waals surface area contributed by atoms with Crippen molar-refractivity contribution in [2.75, 3.05) is 19.7 Å². The molecule has 2 saturated heterocycles. The van der Waals surface area contributed by atoms with Gasteiger partial charge in [-0.1, -0.05) is 12.1 Å². The number of hydrogen-bond donors (Lipinski definition) is 1. The normalized spacial score (nSPS) is 21.0. The molecule has 0 aliphatic carbocycles. The van der Waals surface area contributed by atoms with Gasteiger partial charge in [0.05, 0.1) is 22.0 Å². The summed E-state index contributed by atoms with van der Waals surface area (Å²) < 4.78 is 17.3. The Morgan fingerprint density at radius 1 is 1.12 bits per heavy atom. The zero-order valence-corrected chi connectivity index (χ0v) is 20.2. The fraction of sp³-hybridized carbons (Fsp3) is 0.565. The molecule has 2 aliphatic rings. The Hall–Kier alpha value is -1.94. The van der Waals surface area contributed by atoms with Gasteiger partial charge >= 0.3 is 12.1 Å². The summed E-state index contributed by atoms with van der Waals surface area (Å²) in [7, 11) is 0. The third kappa shape index (κ3) is 4.71. The molecule has 2 aromatic heterocycles. The first-order chi connectivity index (χ1) is 15.1. The maximum atomic E-state index is 13.2. The minimum atomic E-state index is -1.82. The van der Waals surface area contributed by atoms with Gasteiger partial charge in [-0.3, -0.25) is 0 Å². The number of aliphatic hydroxyl groups is 1. The molecule has 2 aromatic rings. The van der Waals surface area contributed by atoms with Crippen molar-refractivity contribution in [3.05, 3.63) is 44.8 Å². The largest absolute Gasteiger partial charge is 0.457 e. The van der Waals surface area contributed by atoms with E-state index in [0.29, 0.717) is 42.1 Å². The van der Waals surface area contributed by atoms with Gasteiger partial charge in [0.25, 0.3) is 0 Å². The molecule has 7 nitrogen and oxygen atoms in total. The van der Waals surface area contributed by atoms with Gasteiger partial charge in [0.1, 0.15) is 11.7 Å². The van der Waals surface area contributed by atoms with Crippen molar-refractivity contribution >= 4 is 34.7 Å². The minimum absolute atomic E-state index is 0.281. The van der Waals surface area contributed by atoms with Crippen LogP contribution in [-0.2, 0) is 24.6 Å². The number of esters is 1. The fourth-order valence-corrected chi connectivity index (χ4v) is 5.89. The maximum Gasteiger partial charge on any atom is 0.410 e. The van der Waals surface area contributed by atoms with E-state index in [1.54, 1.807) is 29.2 Å². The number of nitrogens with zero attached hydrogens (tertiary/aromatic N) is 1. The van der Waals surface area contributed by atoms with E-state index in [1.165, 1.54) is 22.7 Å². The number of rotatable bonds is 4. The lowest BCUT2D eigenvalue weighted by Gasteiger charge is -2.38. The second-order valence-electron chi connectivity index (χ2n) is 9.36. The first-order valence-corrected chi connectivity index (χ1v) is 12.5. The van der Waals surface area contributed by atoms with Crippen molar-refractivity contribution < 1.29 is 28.9 Å². The molecular weight excluding hydrogens is 450 g/mol. The van der Waals surface area contributed by atoms with Crippen molar-refractivity contribution in [2.24, 2.45) is 0 Å². The van der Waals surface area contributed by atoms with Gasteiger partial charge < -0.3 is 24.2 Å². The molecule has 32 heavy (non-hydrogen) atoms. The van der Waals surface area contributed by atoms with Crippen molar-refractivity contribution in [3.63, 3.8) is 0 Å². The van der Waals surface area contributed by atoms with Crippen molar-refractivity contribution in [1.82, 2.24) is 4.90 Å². The van der Waals surface area contributed by atoms with E-state index < -0.39 is 28.9 Å². The molecule has 1 spiro atoms. The molecule has 1 atom stereocenters. The molecule has 4 heterocycles. The third-order valence-corrected chi connectivity index (χ3v) is 7.78. The highest BCUT2D eigenvalue weighted by Gasteiger charge is 2.49. The van der Waals surface area contributed by atoms with Crippen LogP contribution >= 0.6 is 22.7 Å². The van der Waals surface area contributed by atoms with Crippen LogP contribution in [0.15, 0.2) is 35.0 Å². The van der Waals surface area contributed by atoms with E-state index in [-0.39, 0.29) is 12.7 Å². The lowest BCUT2D eigenvalue weighted by molar-refractivity contribution is -0.167. The van der Waals surface area contributed by atoms with Crippen molar-refractivity contribution in [1.29, 1.82) is 0 Å². The summed E-state index contributed by atoms with van der Waals surface area (Å²) in [5, 5.41) is 15.1. The predicted octanol–water partition coefficient (Wildman–Crippen LogP) is 4.15. The van der Waals surface area contributed by atoms with Gasteiger partial charge in [0.15, 0.2) is 0 Å². The molecule has 2 aliphatic heterocycles. The van der Waals surface area contributed by atoms with Crippen LogP contribution in [0.3, 0.4) is 0 Å². The minimum Gasteiger partial charge on any atom is -0.457 e. The molecule has 174 valence electrons. The van der Waals surface area contributed by atoms with Gasteiger partial charge in [0, 0.05) is 19.5 Å². The van der Waals surface area contributed by atoms with E-state index in [4.69, 9.17) is 14.2 Å². The summed E-state index contributed by atoms with van der Waals surface area (Å²) in [6, 6.07) is 7.09. The predicted molar refractivity (Wildman–Crippen MR) is 122 cm³/mol. The Kier molecular flexibility index (Phi) is 6.37. The monoisotopic (exact) mass is 479 g/mol. The molecule has 2 fully saturated rings. The second-order valence-corrected chi connectivity index (χ2v) is 11.3. The Morgan fingerprint density at radius 2 is 1.72 bits per heavy atom. The molecule has 0 aromatic carbocycles. The van der Waals surface area contributed by atoms with E-state index >= 15 is 0 Å². The van der Waals surface area contributed by atoms with Gasteiger partial charge in [-0.05, 0) is 56.5 Å². The Labute approximate surface area is 195 Å². The Morgan fingerprint density at radius 3 is 2.22 bits per heavy atom. The lowest BCUT2D eigenvalue weighted by Crippen LogP contribution is -2.48. The van der Waals surface area contributed by atoms with Gasteiger partial charge in [-0.15, -0.1) is 22.7 Å². The number of piperidine rings is 1. The maximum absolute atomic E-state index is 13.2. The van der Waals surface area contributed by atoms with E-state index in [2.05, 4.69) is 0 Å². The van der Waals surface area contributed by atoms with E-state index in [9.17, 15) is 14.7 Å². The third-order valence-electron chi connectivity index (χ3n) is 5.83. The molecule has 0 bridgehead atoms. The first kappa shape index (κ1) is 23.2. The fourth-order valence-electron chi connectivity index (χ4n) is 4.18. The summed E-state index contributed by atoms with van der Waals surface area (Å²) in [5.41, 5.74) is -2.77. The van der Waals surface area contributed by atoms with Crippen LogP contribution in [-0.4, -0.2) is 59.1 Å². The molecule has 1 unspecified atom stereocenters. The topological polar surface area (TPSA) is 85.3 Å². The van der Waals surface area contributed by atoms with Gasteiger partial charge in [0.2, 0.25) is 5.60 Å². The highest BCUT2D eigenvalue weighted by Crippen LogP contribution is 2.40. The van der Waals surface area contributed by atoms with Gasteiger partial charge in [-0.25, -0.2) is 9.59 Å². The standard InChI is InChI=1S/C23H29NO6S2/c1-21(2,3)30-20(26)24-10-8-22(9-11-24)14-16(15-28-22)29-19(25)23(27,17-6-4-12-31-17)18-7-5-13-32-18/h4-7,12-13,16,27H,8-11,14-15H2,1-3H3. The lowest BCUT2D eigenvalue weighted by atomic mass is 9.88. The average molecular weight is 480 g/mol. The molecule has 0 saturated carbocycles. The highest BCUT2D eigenvalue weighted by molar-refractivity contribution is 7.12. The number of likely N-dealkylation sites (tertiary alicyclic amines) is 1. The van der Waals surface area contributed by atoms with Crippen LogP contribution in [0.25, 0.3) is 0 Å². The SMILES string of the molecule is CC(C)(C)OC(=O)N1CCC2(CC1)CC(OC(=O)C(O)(c1cccs1)c1cccs1)CO2. The molecule has 1 amide bonds. The van der Waals surface area contributed by atoms with E-state index in [0.717, 1.165) is 0 Å². The Bertz CT molecular complexity index is 892. The van der Waals surface area contributed by atoms with Gasteiger partial charge in [-0.2, -0.15) is 0 Å². The van der Waals surface area contributed by atoms with Crippen LogP contribution in [0.2, 0.25) is 0 Å². The summed E-state index contributed by atoms with van der Waals surface area (Å²) in [6.07, 6.45) is 1.10. The number of carbonyl (C=O) groups excluding carboxylic acids is 2. The number of thiophene rings is 2. The Balaban J connectivity index is 1.38. The van der Waals surface area contributed by atoms with Crippen LogP contribution in [0.1, 0.15) is 49.8 Å². The molecular formula is C23H29NO6S2. The zero-order chi connectivity index (χ0) is 23.0. The summed E-state index contributed by atoms with van der Waals surface area (Å²) in [5.74, 6) is -0.681. The number of amides is 1. The summed E-state index contributed by atoms with van der Waals surface area (Å²) >= 11 is 2.64. The van der Waals surface area contributed by atoms with Crippen molar-refractivity contribution in [3.8, 4) is 0 Å². The molecule has 4 rings (SSSR count). The number of ether oxygens (including phenoxy) is 3. The van der Waals surface area contributed by atoms with E-state index in [1.807, 2.05) is 31.5 Å².